The number of carboxylic acids is 1. The third-order valence-corrected chi connectivity index (χ3v) is 4.91. The highest BCUT2D eigenvalue weighted by Gasteiger charge is 2.40. The van der Waals surface area contributed by atoms with Crippen molar-refractivity contribution >= 4 is 26.8 Å². The van der Waals surface area contributed by atoms with Crippen LogP contribution in [0.4, 0.5) is 0 Å². The third-order valence-electron chi connectivity index (χ3n) is 4.00. The third kappa shape index (κ3) is 9.43. The van der Waals surface area contributed by atoms with Crippen LogP contribution in [0.25, 0.3) is 0 Å². The van der Waals surface area contributed by atoms with Gasteiger partial charge in [0.2, 0.25) is 20.8 Å². The van der Waals surface area contributed by atoms with Gasteiger partial charge in [-0.25, -0.2) is 16.8 Å². The highest BCUT2D eigenvalue weighted by molar-refractivity contribution is 7.81. The smallest absolute Gasteiger partial charge is 0.218 e. The first-order valence-electron chi connectivity index (χ1n) is 8.33. The van der Waals surface area contributed by atoms with E-state index in [1.165, 1.54) is 0 Å². The summed E-state index contributed by atoms with van der Waals surface area (Å²) in [5.74, 6) is -1.54. The molecular weight excluding hydrogens is 460 g/mol. The van der Waals surface area contributed by atoms with E-state index < -0.39 is 76.6 Å². The number of hydrogen-bond acceptors (Lipinski definition) is 15. The van der Waals surface area contributed by atoms with Crippen molar-refractivity contribution < 1.29 is 69.0 Å². The second-order valence-corrected chi connectivity index (χ2v) is 8.63. The molecule has 0 amide bonds. The standard InChI is InChI=1S/C7H14O6S.C6H10O9S/c1-5-2-6(8)7(12-3-5)4-13-14(9,10)11;7-3-2(15-16(11,12)13)1-14-5(4(3)8)6(9)10/h5-8H,2-4H2,1H3,(H,9,10,11);2-5,7-8H,1H2,(H,9,10)(H,11,12,13)/p-3. The Morgan fingerprint density at radius 3 is 2.10 bits per heavy atom. The van der Waals surface area contributed by atoms with Crippen LogP contribution in [0.1, 0.15) is 13.3 Å². The lowest BCUT2D eigenvalue weighted by Gasteiger charge is -2.37. The van der Waals surface area contributed by atoms with Crippen LogP contribution in [0.2, 0.25) is 0 Å². The highest BCUT2D eigenvalue weighted by Crippen LogP contribution is 2.20. The van der Waals surface area contributed by atoms with Crippen LogP contribution in [0.5, 0.6) is 0 Å². The second kappa shape index (κ2) is 11.0. The molecule has 0 bridgehead atoms. The molecule has 2 fully saturated rings. The molecule has 0 radical (unpaired) electrons. The van der Waals surface area contributed by atoms with Gasteiger partial charge in [0.1, 0.15) is 30.5 Å². The molecule has 0 aromatic carbocycles. The lowest BCUT2D eigenvalue weighted by atomic mass is 9.98. The van der Waals surface area contributed by atoms with Crippen LogP contribution in [0, 0.1) is 5.92 Å². The molecule has 0 aromatic rings. The van der Waals surface area contributed by atoms with E-state index in [9.17, 15) is 51.2 Å². The van der Waals surface area contributed by atoms with Gasteiger partial charge in [-0.05, 0) is 12.3 Å². The number of aliphatic carboxylic acids is 1. The van der Waals surface area contributed by atoms with Crippen molar-refractivity contribution in [2.45, 2.75) is 50.0 Å². The van der Waals surface area contributed by atoms with Gasteiger partial charge in [0.15, 0.2) is 0 Å². The van der Waals surface area contributed by atoms with Crippen molar-refractivity contribution in [3.63, 3.8) is 0 Å². The highest BCUT2D eigenvalue weighted by atomic mass is 32.3. The molecular formula is C13H21O15S2-3. The maximum atomic E-state index is 10.4. The molecule has 2 aliphatic rings. The Kier molecular flexibility index (Phi) is 9.96. The molecule has 0 aliphatic carbocycles. The Morgan fingerprint density at radius 1 is 1.03 bits per heavy atom. The molecule has 30 heavy (non-hydrogen) atoms. The molecule has 7 unspecified atom stereocenters. The lowest BCUT2D eigenvalue weighted by Crippen LogP contribution is -2.59. The maximum absolute atomic E-state index is 10.4. The molecule has 0 aromatic heterocycles. The van der Waals surface area contributed by atoms with E-state index in [1.54, 1.807) is 0 Å². The van der Waals surface area contributed by atoms with Gasteiger partial charge in [-0.3, -0.25) is 8.37 Å². The van der Waals surface area contributed by atoms with Gasteiger partial charge in [0, 0.05) is 6.61 Å². The summed E-state index contributed by atoms with van der Waals surface area (Å²) in [4.78, 5) is 10.4. The van der Waals surface area contributed by atoms with Crippen LogP contribution in [-0.4, -0.2) is 104 Å². The molecule has 17 heteroatoms. The van der Waals surface area contributed by atoms with Gasteiger partial charge in [0.25, 0.3) is 0 Å². The van der Waals surface area contributed by atoms with Crippen LogP contribution in [0.15, 0.2) is 0 Å². The SMILES string of the molecule is CC1COC(COS(=O)(=O)[O-])C(O)C1.O=C([O-])C1OCC(OS(=O)(=O)[O-])C(O)C1O. The fourth-order valence-electron chi connectivity index (χ4n) is 2.58. The van der Waals surface area contributed by atoms with Gasteiger partial charge < -0.3 is 43.8 Å². The summed E-state index contributed by atoms with van der Waals surface area (Å²) >= 11 is 0. The summed E-state index contributed by atoms with van der Waals surface area (Å²) in [6.07, 6.45) is -8.24. The normalized spacial score (nSPS) is 35.2. The van der Waals surface area contributed by atoms with Crippen molar-refractivity contribution in [2.75, 3.05) is 19.8 Å². The zero-order chi connectivity index (χ0) is 23.3. The molecule has 178 valence electrons. The number of rotatable bonds is 6. The predicted molar refractivity (Wildman–Crippen MR) is 86.5 cm³/mol. The molecule has 0 spiro atoms. The number of aliphatic hydroxyl groups excluding tert-OH is 3. The quantitative estimate of drug-likeness (QED) is 0.237. The maximum Gasteiger partial charge on any atom is 0.218 e. The average molecular weight is 481 g/mol. The molecule has 2 aliphatic heterocycles. The molecule has 15 nitrogen and oxygen atoms in total. The molecule has 7 atom stereocenters. The molecule has 3 N–H and O–H groups in total. The van der Waals surface area contributed by atoms with Crippen molar-refractivity contribution in [1.29, 1.82) is 0 Å². The minimum Gasteiger partial charge on any atom is -0.726 e. The number of carbonyl (C=O) groups is 1. The molecule has 2 heterocycles. The number of aliphatic hydroxyl groups is 3. The van der Waals surface area contributed by atoms with E-state index in [2.05, 4.69) is 13.1 Å². The van der Waals surface area contributed by atoms with E-state index in [1.807, 2.05) is 6.92 Å². The van der Waals surface area contributed by atoms with E-state index >= 15 is 0 Å². The van der Waals surface area contributed by atoms with E-state index in [0.29, 0.717) is 13.0 Å². The summed E-state index contributed by atoms with van der Waals surface area (Å²) in [5, 5.41) is 38.3. The van der Waals surface area contributed by atoms with Gasteiger partial charge in [0.05, 0.1) is 25.3 Å². The topological polar surface area (TPSA) is 252 Å². The molecule has 2 saturated heterocycles. The zero-order valence-corrected chi connectivity index (χ0v) is 17.1. The number of carboxylic acid groups (broad SMARTS) is 1. The monoisotopic (exact) mass is 481 g/mol. The second-order valence-electron chi connectivity index (χ2n) is 6.57. The first-order chi connectivity index (χ1) is 13.6. The number of hydrogen-bond donors (Lipinski definition) is 3. The Bertz CT molecular complexity index is 765. The Balaban J connectivity index is 0.000000303. The summed E-state index contributed by atoms with van der Waals surface area (Å²) in [7, 11) is -9.78. The largest absolute Gasteiger partial charge is 0.726 e. The van der Waals surface area contributed by atoms with Crippen LogP contribution >= 0.6 is 0 Å². The summed E-state index contributed by atoms with van der Waals surface area (Å²) in [5.41, 5.74) is 0. The fraction of sp³-hybridized carbons (Fsp3) is 0.923. The Hall–Kier alpha value is -0.990. The minimum atomic E-state index is -5.08. The van der Waals surface area contributed by atoms with Crippen LogP contribution < -0.4 is 5.11 Å². The Morgan fingerprint density at radius 2 is 1.63 bits per heavy atom. The zero-order valence-electron chi connectivity index (χ0n) is 15.4. The molecule has 0 saturated carbocycles. The first-order valence-corrected chi connectivity index (χ1v) is 11.0. The van der Waals surface area contributed by atoms with E-state index in [4.69, 9.17) is 4.74 Å². The number of ether oxygens (including phenoxy) is 2. The summed E-state index contributed by atoms with van der Waals surface area (Å²) < 4.78 is 78.5. The van der Waals surface area contributed by atoms with E-state index in [0.717, 1.165) is 0 Å². The van der Waals surface area contributed by atoms with Crippen molar-refractivity contribution in [2.24, 2.45) is 5.92 Å². The van der Waals surface area contributed by atoms with Crippen molar-refractivity contribution in [3.8, 4) is 0 Å². The summed E-state index contributed by atoms with van der Waals surface area (Å²) in [6, 6.07) is 0. The van der Waals surface area contributed by atoms with Crippen LogP contribution in [0.3, 0.4) is 0 Å². The van der Waals surface area contributed by atoms with Crippen molar-refractivity contribution in [1.82, 2.24) is 0 Å². The van der Waals surface area contributed by atoms with Crippen molar-refractivity contribution in [3.05, 3.63) is 0 Å². The average Bonchev–Trinajstić information content (AvgIpc) is 2.56. The first kappa shape index (κ1) is 27.0. The minimum absolute atomic E-state index is 0.227. The van der Waals surface area contributed by atoms with Crippen LogP contribution in [-0.2, 0) is 43.4 Å². The Labute approximate surface area is 172 Å². The van der Waals surface area contributed by atoms with Gasteiger partial charge in [-0.1, -0.05) is 6.92 Å². The van der Waals surface area contributed by atoms with Gasteiger partial charge >= 0.3 is 0 Å². The predicted octanol–water partition coefficient (Wildman–Crippen LogP) is -5.05. The molecule has 2 rings (SSSR count). The summed E-state index contributed by atoms with van der Waals surface area (Å²) in [6.45, 7) is 1.26. The van der Waals surface area contributed by atoms with Gasteiger partial charge in [-0.15, -0.1) is 0 Å². The van der Waals surface area contributed by atoms with E-state index in [-0.39, 0.29) is 5.92 Å². The fourth-order valence-corrected chi connectivity index (χ4v) is 3.35. The lowest BCUT2D eigenvalue weighted by molar-refractivity contribution is -0.327. The number of carbonyl (C=O) groups excluding carboxylic acids is 1. The van der Waals surface area contributed by atoms with Gasteiger partial charge in [-0.2, -0.15) is 0 Å².